The van der Waals surface area contributed by atoms with Gasteiger partial charge in [0.15, 0.2) is 0 Å². The molecule has 4 nitrogen and oxygen atoms in total. The van der Waals surface area contributed by atoms with Gasteiger partial charge in [0, 0.05) is 9.26 Å². The van der Waals surface area contributed by atoms with Crippen LogP contribution < -0.4 is 9.46 Å². The van der Waals surface area contributed by atoms with Gasteiger partial charge in [-0.15, -0.1) is 0 Å². The van der Waals surface area contributed by atoms with Crippen molar-refractivity contribution in [1.29, 1.82) is 0 Å². The molecule has 0 saturated heterocycles. The molecular formula is C18H14INO3S. The first-order valence-corrected chi connectivity index (χ1v) is 9.70. The monoisotopic (exact) mass is 451 g/mol. The first-order chi connectivity index (χ1) is 11.5. The average molecular weight is 451 g/mol. The summed E-state index contributed by atoms with van der Waals surface area (Å²) in [5.41, 5.74) is 0.528. The summed E-state index contributed by atoms with van der Waals surface area (Å²) in [6.07, 6.45) is 0. The van der Waals surface area contributed by atoms with Gasteiger partial charge in [-0.05, 0) is 83.3 Å². The van der Waals surface area contributed by atoms with Gasteiger partial charge in [-0.1, -0.05) is 18.2 Å². The zero-order valence-electron chi connectivity index (χ0n) is 12.5. The molecule has 24 heavy (non-hydrogen) atoms. The number of para-hydroxylation sites is 1. The number of rotatable bonds is 5. The number of anilines is 1. The highest BCUT2D eigenvalue weighted by Crippen LogP contribution is 2.23. The van der Waals surface area contributed by atoms with E-state index in [2.05, 4.69) is 27.3 Å². The molecule has 0 atom stereocenters. The zero-order chi connectivity index (χ0) is 17.0. The highest BCUT2D eigenvalue weighted by molar-refractivity contribution is 14.1. The fraction of sp³-hybridized carbons (Fsp3) is 0. The molecule has 0 aliphatic heterocycles. The molecule has 0 aliphatic carbocycles. The van der Waals surface area contributed by atoms with E-state index in [1.807, 2.05) is 42.5 Å². The molecule has 0 saturated carbocycles. The smallest absolute Gasteiger partial charge is 0.261 e. The van der Waals surface area contributed by atoms with Gasteiger partial charge in [-0.2, -0.15) is 0 Å². The summed E-state index contributed by atoms with van der Waals surface area (Å²) < 4.78 is 34.1. The van der Waals surface area contributed by atoms with Crippen LogP contribution in [0.4, 0.5) is 5.69 Å². The van der Waals surface area contributed by atoms with Crippen LogP contribution in [0.3, 0.4) is 0 Å². The highest BCUT2D eigenvalue weighted by Gasteiger charge is 2.14. The molecule has 122 valence electrons. The highest BCUT2D eigenvalue weighted by atomic mass is 127. The van der Waals surface area contributed by atoms with Gasteiger partial charge >= 0.3 is 0 Å². The Balaban J connectivity index is 1.75. The second kappa shape index (κ2) is 7.23. The van der Waals surface area contributed by atoms with Crippen LogP contribution in [-0.4, -0.2) is 8.42 Å². The van der Waals surface area contributed by atoms with Crippen LogP contribution in [0, 0.1) is 3.57 Å². The van der Waals surface area contributed by atoms with Crippen molar-refractivity contribution in [3.8, 4) is 11.5 Å². The Morgan fingerprint density at radius 1 is 0.750 bits per heavy atom. The lowest BCUT2D eigenvalue weighted by Crippen LogP contribution is -2.12. The molecule has 0 aromatic heterocycles. The van der Waals surface area contributed by atoms with E-state index in [1.54, 1.807) is 24.3 Å². The van der Waals surface area contributed by atoms with Crippen LogP contribution in [0.1, 0.15) is 0 Å². The van der Waals surface area contributed by atoms with Gasteiger partial charge in [0.25, 0.3) is 10.0 Å². The standard InChI is InChI=1S/C18H14INO3S/c19-14-6-8-15(9-7-14)20-24(21,22)18-12-10-17(11-13-18)23-16-4-2-1-3-5-16/h1-13,20H. The van der Waals surface area contributed by atoms with Crippen LogP contribution in [0.5, 0.6) is 11.5 Å². The number of hydrogen-bond acceptors (Lipinski definition) is 3. The van der Waals surface area contributed by atoms with Crippen LogP contribution in [0.15, 0.2) is 83.8 Å². The van der Waals surface area contributed by atoms with E-state index in [0.29, 0.717) is 17.2 Å². The SMILES string of the molecule is O=S(=O)(Nc1ccc(I)cc1)c1ccc(Oc2ccccc2)cc1. The molecule has 0 amide bonds. The fourth-order valence-electron chi connectivity index (χ4n) is 2.04. The maximum Gasteiger partial charge on any atom is 0.261 e. The van der Waals surface area contributed by atoms with Crippen LogP contribution >= 0.6 is 22.6 Å². The largest absolute Gasteiger partial charge is 0.457 e. The quantitative estimate of drug-likeness (QED) is 0.563. The van der Waals surface area contributed by atoms with Crippen LogP contribution in [0.2, 0.25) is 0 Å². The van der Waals surface area contributed by atoms with Crippen molar-refractivity contribution < 1.29 is 13.2 Å². The second-order valence-corrected chi connectivity index (χ2v) is 7.93. The molecule has 3 aromatic rings. The van der Waals surface area contributed by atoms with Crippen LogP contribution in [-0.2, 0) is 10.0 Å². The molecule has 0 bridgehead atoms. The lowest BCUT2D eigenvalue weighted by molar-refractivity contribution is 0.482. The summed E-state index contributed by atoms with van der Waals surface area (Å²) in [7, 11) is -3.62. The van der Waals surface area contributed by atoms with Crippen molar-refractivity contribution in [2.45, 2.75) is 4.90 Å². The lowest BCUT2D eigenvalue weighted by atomic mass is 10.3. The van der Waals surface area contributed by atoms with E-state index >= 15 is 0 Å². The van der Waals surface area contributed by atoms with E-state index in [9.17, 15) is 8.42 Å². The number of benzene rings is 3. The van der Waals surface area contributed by atoms with E-state index < -0.39 is 10.0 Å². The molecule has 0 radical (unpaired) electrons. The number of sulfonamides is 1. The third-order valence-corrected chi connectivity index (χ3v) is 5.33. The third-order valence-electron chi connectivity index (χ3n) is 3.21. The lowest BCUT2D eigenvalue weighted by Gasteiger charge is -2.09. The van der Waals surface area contributed by atoms with E-state index in [1.165, 1.54) is 12.1 Å². The summed E-state index contributed by atoms with van der Waals surface area (Å²) >= 11 is 2.17. The van der Waals surface area contributed by atoms with Crippen molar-refractivity contribution in [1.82, 2.24) is 0 Å². The first kappa shape index (κ1) is 16.8. The van der Waals surface area contributed by atoms with Crippen LogP contribution in [0.25, 0.3) is 0 Å². The molecule has 3 rings (SSSR count). The minimum atomic E-state index is -3.62. The molecular weight excluding hydrogens is 437 g/mol. The number of ether oxygens (including phenoxy) is 1. The first-order valence-electron chi connectivity index (χ1n) is 7.14. The van der Waals surface area contributed by atoms with E-state index in [-0.39, 0.29) is 4.90 Å². The van der Waals surface area contributed by atoms with Crippen molar-refractivity contribution in [3.05, 3.63) is 82.4 Å². The van der Waals surface area contributed by atoms with Crippen molar-refractivity contribution in [2.75, 3.05) is 4.72 Å². The van der Waals surface area contributed by atoms with Gasteiger partial charge in [0.05, 0.1) is 4.90 Å². The Hall–Kier alpha value is -2.06. The Bertz CT molecular complexity index is 909. The van der Waals surface area contributed by atoms with E-state index in [4.69, 9.17) is 4.74 Å². The summed E-state index contributed by atoms with van der Waals surface area (Å²) in [5.74, 6) is 1.28. The summed E-state index contributed by atoms with van der Waals surface area (Å²) in [6.45, 7) is 0. The maximum atomic E-state index is 12.4. The maximum absolute atomic E-state index is 12.4. The summed E-state index contributed by atoms with van der Waals surface area (Å²) in [4.78, 5) is 0.182. The van der Waals surface area contributed by atoms with Crippen molar-refractivity contribution >= 4 is 38.3 Å². The molecule has 0 fully saturated rings. The van der Waals surface area contributed by atoms with Gasteiger partial charge in [0.1, 0.15) is 11.5 Å². The Morgan fingerprint density at radius 2 is 1.33 bits per heavy atom. The normalized spacial score (nSPS) is 11.0. The topological polar surface area (TPSA) is 55.4 Å². The number of hydrogen-bond donors (Lipinski definition) is 1. The predicted octanol–water partition coefficient (Wildman–Crippen LogP) is 4.88. The van der Waals surface area contributed by atoms with Gasteiger partial charge in [0.2, 0.25) is 0 Å². The zero-order valence-corrected chi connectivity index (χ0v) is 15.5. The molecule has 3 aromatic carbocycles. The fourth-order valence-corrected chi connectivity index (χ4v) is 3.46. The van der Waals surface area contributed by atoms with E-state index in [0.717, 1.165) is 3.57 Å². The summed E-state index contributed by atoms with van der Waals surface area (Å²) in [5, 5.41) is 0. The Labute approximate surface area is 154 Å². The Kier molecular flexibility index (Phi) is 5.06. The molecule has 0 unspecified atom stereocenters. The number of nitrogens with one attached hydrogen (secondary N) is 1. The predicted molar refractivity (Wildman–Crippen MR) is 103 cm³/mol. The molecule has 0 heterocycles. The van der Waals surface area contributed by atoms with Gasteiger partial charge in [-0.25, -0.2) is 8.42 Å². The minimum absolute atomic E-state index is 0.182. The Morgan fingerprint density at radius 3 is 1.96 bits per heavy atom. The summed E-state index contributed by atoms with van der Waals surface area (Å²) in [6, 6.07) is 22.8. The minimum Gasteiger partial charge on any atom is -0.457 e. The molecule has 0 aliphatic rings. The molecule has 0 spiro atoms. The third kappa shape index (κ3) is 4.27. The number of halogens is 1. The average Bonchev–Trinajstić information content (AvgIpc) is 2.58. The van der Waals surface area contributed by atoms with Gasteiger partial charge in [-0.3, -0.25) is 4.72 Å². The van der Waals surface area contributed by atoms with Gasteiger partial charge < -0.3 is 4.74 Å². The van der Waals surface area contributed by atoms with Crippen molar-refractivity contribution in [2.24, 2.45) is 0 Å². The molecule has 6 heteroatoms. The second-order valence-electron chi connectivity index (χ2n) is 5.00. The molecule has 1 N–H and O–H groups in total. The van der Waals surface area contributed by atoms with Crippen molar-refractivity contribution in [3.63, 3.8) is 0 Å².